The van der Waals surface area contributed by atoms with E-state index in [0.717, 1.165) is 4.68 Å². The summed E-state index contributed by atoms with van der Waals surface area (Å²) in [5, 5.41) is 16.5. The normalized spacial score (nSPS) is 14.1. The predicted octanol–water partition coefficient (Wildman–Crippen LogP) is 2.66. The minimum absolute atomic E-state index is 0.175. The molecule has 1 atom stereocenters. The van der Waals surface area contributed by atoms with Crippen molar-refractivity contribution in [3.05, 3.63) is 22.2 Å². The van der Waals surface area contributed by atoms with Gasteiger partial charge in [-0.2, -0.15) is 13.2 Å². The first-order valence-corrected chi connectivity index (χ1v) is 5.47. The highest BCUT2D eigenvalue weighted by Gasteiger charge is 2.38. The Morgan fingerprint density at radius 1 is 1.28 bits per heavy atom. The Morgan fingerprint density at radius 3 is 2.50 bits per heavy atom. The van der Waals surface area contributed by atoms with Gasteiger partial charge in [0.25, 0.3) is 0 Å². The monoisotopic (exact) mass is 299 g/mol. The average molecular weight is 300 g/mol. The van der Waals surface area contributed by atoms with Gasteiger partial charge in [-0.25, -0.2) is 4.68 Å². The van der Waals surface area contributed by atoms with Crippen molar-refractivity contribution in [2.45, 2.75) is 18.8 Å². The van der Waals surface area contributed by atoms with Gasteiger partial charge in [-0.1, -0.05) is 28.4 Å². The molecule has 0 fully saturated rings. The number of rotatable bonds is 2. The lowest BCUT2D eigenvalue weighted by Gasteiger charge is -2.14. The quantitative estimate of drug-likeness (QED) is 0.927. The molecule has 0 saturated carbocycles. The molecule has 0 saturated heterocycles. The number of aliphatic hydroxyl groups is 1. The van der Waals surface area contributed by atoms with Gasteiger partial charge in [-0.15, -0.1) is 5.10 Å². The van der Waals surface area contributed by atoms with E-state index >= 15 is 0 Å². The molecule has 1 unspecified atom stereocenters. The van der Waals surface area contributed by atoms with Crippen LogP contribution in [0.4, 0.5) is 13.2 Å². The summed E-state index contributed by atoms with van der Waals surface area (Å²) in [6, 6.07) is 2.74. The van der Waals surface area contributed by atoms with Crippen molar-refractivity contribution in [1.29, 1.82) is 0 Å². The van der Waals surface area contributed by atoms with Crippen LogP contribution in [-0.2, 0) is 6.54 Å². The Bertz CT molecular complexity index is 584. The molecule has 1 aromatic heterocycles. The molecule has 0 bridgehead atoms. The molecule has 2 aromatic rings. The highest BCUT2D eigenvalue weighted by Crippen LogP contribution is 2.27. The van der Waals surface area contributed by atoms with Crippen LogP contribution >= 0.6 is 23.2 Å². The van der Waals surface area contributed by atoms with Gasteiger partial charge in [0.15, 0.2) is 6.10 Å². The number of hydrogen-bond acceptors (Lipinski definition) is 3. The highest BCUT2D eigenvalue weighted by atomic mass is 35.5. The molecular weight excluding hydrogens is 294 g/mol. The second kappa shape index (κ2) is 4.56. The topological polar surface area (TPSA) is 50.9 Å². The first-order chi connectivity index (χ1) is 8.29. The molecule has 2 rings (SSSR count). The van der Waals surface area contributed by atoms with Crippen LogP contribution in [0.3, 0.4) is 0 Å². The maximum Gasteiger partial charge on any atom is 0.416 e. The molecule has 9 heteroatoms. The minimum Gasteiger partial charge on any atom is -0.382 e. The zero-order chi connectivity index (χ0) is 13.5. The summed E-state index contributed by atoms with van der Waals surface area (Å²) in [4.78, 5) is 0. The molecule has 98 valence electrons. The molecule has 0 aliphatic carbocycles. The zero-order valence-corrected chi connectivity index (χ0v) is 10.1. The summed E-state index contributed by atoms with van der Waals surface area (Å²) >= 11 is 11.5. The molecule has 0 aliphatic heterocycles. The van der Waals surface area contributed by atoms with E-state index in [-0.39, 0.29) is 15.6 Å². The van der Waals surface area contributed by atoms with Crippen LogP contribution < -0.4 is 0 Å². The van der Waals surface area contributed by atoms with Crippen LogP contribution in [0, 0.1) is 0 Å². The predicted molar refractivity (Wildman–Crippen MR) is 59.6 cm³/mol. The minimum atomic E-state index is -4.71. The summed E-state index contributed by atoms with van der Waals surface area (Å²) in [5.74, 6) is 0. The number of benzene rings is 1. The van der Waals surface area contributed by atoms with Crippen molar-refractivity contribution < 1.29 is 18.3 Å². The standard InChI is InChI=1S/C9H6Cl2F3N3O/c10-4-1-6-7(2-5(4)11)17(16-15-6)3-8(18)9(12,13)14/h1-2,8,18H,3H2. The zero-order valence-electron chi connectivity index (χ0n) is 8.62. The number of hydrogen-bond donors (Lipinski definition) is 1. The van der Waals surface area contributed by atoms with Crippen molar-refractivity contribution in [1.82, 2.24) is 15.0 Å². The van der Waals surface area contributed by atoms with Crippen molar-refractivity contribution in [3.63, 3.8) is 0 Å². The Hall–Kier alpha value is -1.05. The fraction of sp³-hybridized carbons (Fsp3) is 0.333. The third kappa shape index (κ3) is 2.52. The lowest BCUT2D eigenvalue weighted by atomic mass is 10.3. The van der Waals surface area contributed by atoms with Crippen LogP contribution in [0.2, 0.25) is 10.0 Å². The maximum absolute atomic E-state index is 12.2. The largest absolute Gasteiger partial charge is 0.416 e. The second-order valence-corrected chi connectivity index (χ2v) is 4.40. The fourth-order valence-electron chi connectivity index (χ4n) is 1.37. The third-order valence-electron chi connectivity index (χ3n) is 2.28. The number of aromatic nitrogens is 3. The number of fused-ring (bicyclic) bond motifs is 1. The molecule has 1 N–H and O–H groups in total. The molecule has 1 aromatic carbocycles. The van der Waals surface area contributed by atoms with Crippen LogP contribution in [-0.4, -0.2) is 32.4 Å². The van der Waals surface area contributed by atoms with Gasteiger partial charge in [-0.05, 0) is 12.1 Å². The molecular formula is C9H6Cl2F3N3O. The summed E-state index contributed by atoms with van der Waals surface area (Å²) in [5.41, 5.74) is 0.575. The SMILES string of the molecule is OC(Cn1nnc2cc(Cl)c(Cl)cc21)C(F)(F)F. The average Bonchev–Trinajstić information content (AvgIpc) is 2.61. The van der Waals surface area contributed by atoms with E-state index in [1.54, 1.807) is 0 Å². The van der Waals surface area contributed by atoms with Gasteiger partial charge in [0, 0.05) is 0 Å². The van der Waals surface area contributed by atoms with Gasteiger partial charge < -0.3 is 5.11 Å². The van der Waals surface area contributed by atoms with Gasteiger partial charge in [0.2, 0.25) is 0 Å². The summed E-state index contributed by atoms with van der Waals surface area (Å²) < 4.78 is 37.6. The van der Waals surface area contributed by atoms with Crippen LogP contribution in [0.25, 0.3) is 11.0 Å². The van der Waals surface area contributed by atoms with E-state index in [1.165, 1.54) is 12.1 Å². The number of halogens is 5. The van der Waals surface area contributed by atoms with E-state index in [9.17, 15) is 13.2 Å². The first-order valence-electron chi connectivity index (χ1n) is 4.72. The Labute approximate surface area is 109 Å². The smallest absolute Gasteiger partial charge is 0.382 e. The molecule has 0 amide bonds. The van der Waals surface area contributed by atoms with E-state index in [0.29, 0.717) is 5.52 Å². The Morgan fingerprint density at radius 2 is 1.89 bits per heavy atom. The van der Waals surface area contributed by atoms with Gasteiger partial charge >= 0.3 is 6.18 Å². The summed E-state index contributed by atoms with van der Waals surface area (Å²) in [6.07, 6.45) is -7.23. The van der Waals surface area contributed by atoms with E-state index in [1.807, 2.05) is 0 Å². The van der Waals surface area contributed by atoms with Crippen molar-refractivity contribution >= 4 is 34.2 Å². The van der Waals surface area contributed by atoms with Crippen LogP contribution in [0.5, 0.6) is 0 Å². The van der Waals surface area contributed by atoms with Crippen LogP contribution in [0.15, 0.2) is 12.1 Å². The number of aliphatic hydroxyl groups excluding tert-OH is 1. The lowest BCUT2D eigenvalue weighted by molar-refractivity contribution is -0.207. The first kappa shape index (κ1) is 13.4. The van der Waals surface area contributed by atoms with E-state index < -0.39 is 18.8 Å². The van der Waals surface area contributed by atoms with Crippen molar-refractivity contribution in [2.24, 2.45) is 0 Å². The number of nitrogens with zero attached hydrogens (tertiary/aromatic N) is 3. The lowest BCUT2D eigenvalue weighted by Crippen LogP contribution is -2.33. The molecule has 0 aliphatic rings. The summed E-state index contributed by atoms with van der Waals surface area (Å²) in [6.45, 7) is -0.752. The molecule has 18 heavy (non-hydrogen) atoms. The fourth-order valence-corrected chi connectivity index (χ4v) is 1.68. The van der Waals surface area contributed by atoms with Crippen LogP contribution in [0.1, 0.15) is 0 Å². The van der Waals surface area contributed by atoms with Crippen molar-refractivity contribution in [2.75, 3.05) is 0 Å². The van der Waals surface area contributed by atoms with E-state index in [2.05, 4.69) is 10.3 Å². The Kier molecular flexibility index (Phi) is 3.39. The number of alkyl halides is 3. The highest BCUT2D eigenvalue weighted by molar-refractivity contribution is 6.42. The maximum atomic E-state index is 12.2. The molecule has 0 radical (unpaired) electrons. The summed E-state index contributed by atoms with van der Waals surface area (Å²) in [7, 11) is 0. The van der Waals surface area contributed by atoms with Gasteiger partial charge in [-0.3, -0.25) is 0 Å². The van der Waals surface area contributed by atoms with Gasteiger partial charge in [0.1, 0.15) is 5.52 Å². The molecule has 4 nitrogen and oxygen atoms in total. The molecule has 0 spiro atoms. The van der Waals surface area contributed by atoms with Crippen molar-refractivity contribution in [3.8, 4) is 0 Å². The second-order valence-electron chi connectivity index (χ2n) is 3.58. The Balaban J connectivity index is 2.38. The third-order valence-corrected chi connectivity index (χ3v) is 3.00. The van der Waals surface area contributed by atoms with Gasteiger partial charge in [0.05, 0.1) is 22.1 Å². The van der Waals surface area contributed by atoms with E-state index in [4.69, 9.17) is 28.3 Å². The molecule has 1 heterocycles.